The van der Waals surface area contributed by atoms with Gasteiger partial charge >= 0.3 is 0 Å². The lowest BCUT2D eigenvalue weighted by Crippen LogP contribution is -2.13. The molecule has 1 N–H and O–H groups in total. The lowest BCUT2D eigenvalue weighted by atomic mass is 9.85. The highest BCUT2D eigenvalue weighted by molar-refractivity contribution is 5.43. The highest BCUT2D eigenvalue weighted by Gasteiger charge is 2.25. The third-order valence-electron chi connectivity index (χ3n) is 2.84. The molecule has 1 aromatic rings. The van der Waals surface area contributed by atoms with Crippen LogP contribution >= 0.6 is 0 Å². The van der Waals surface area contributed by atoms with Gasteiger partial charge in [0.15, 0.2) is 0 Å². The molecule has 0 bridgehead atoms. The monoisotopic (exact) mass is 205 g/mol. The van der Waals surface area contributed by atoms with E-state index >= 15 is 0 Å². The van der Waals surface area contributed by atoms with Crippen LogP contribution in [0, 0.1) is 0 Å². The van der Waals surface area contributed by atoms with Crippen molar-refractivity contribution in [2.75, 3.05) is 13.7 Å². The number of hydrogen-bond acceptors (Lipinski definition) is 2. The summed E-state index contributed by atoms with van der Waals surface area (Å²) in [6.45, 7) is 7.76. The Morgan fingerprint density at radius 3 is 2.47 bits per heavy atom. The van der Waals surface area contributed by atoms with E-state index in [1.165, 1.54) is 11.1 Å². The van der Waals surface area contributed by atoms with Gasteiger partial charge in [0.2, 0.25) is 0 Å². The molecule has 1 aliphatic rings. The van der Waals surface area contributed by atoms with E-state index in [-0.39, 0.29) is 5.41 Å². The van der Waals surface area contributed by atoms with Crippen LogP contribution in [0.25, 0.3) is 0 Å². The summed E-state index contributed by atoms with van der Waals surface area (Å²) >= 11 is 0. The SMILES string of the molecule is COc1ccc(C2CN2)cc1C(C)(C)C. The third kappa shape index (κ3) is 2.15. The Kier molecular flexibility index (Phi) is 2.47. The maximum atomic E-state index is 5.41. The molecule has 1 saturated heterocycles. The maximum absolute atomic E-state index is 5.41. The summed E-state index contributed by atoms with van der Waals surface area (Å²) in [5.74, 6) is 0.992. The normalized spacial score (nSPS) is 20.1. The van der Waals surface area contributed by atoms with E-state index in [9.17, 15) is 0 Å². The zero-order valence-corrected chi connectivity index (χ0v) is 9.92. The van der Waals surface area contributed by atoms with Crippen molar-refractivity contribution in [3.63, 3.8) is 0 Å². The molecule has 82 valence electrons. The molecule has 2 nitrogen and oxygen atoms in total. The minimum atomic E-state index is 0.135. The van der Waals surface area contributed by atoms with Crippen LogP contribution in [0.3, 0.4) is 0 Å². The van der Waals surface area contributed by atoms with E-state index in [4.69, 9.17) is 4.74 Å². The number of ether oxygens (including phenoxy) is 1. The van der Waals surface area contributed by atoms with Gasteiger partial charge in [-0.1, -0.05) is 26.8 Å². The summed E-state index contributed by atoms with van der Waals surface area (Å²) in [7, 11) is 1.74. The van der Waals surface area contributed by atoms with Gasteiger partial charge in [0.25, 0.3) is 0 Å². The first kappa shape index (κ1) is 10.5. The van der Waals surface area contributed by atoms with Crippen molar-refractivity contribution in [2.45, 2.75) is 32.2 Å². The second kappa shape index (κ2) is 3.53. The zero-order valence-electron chi connectivity index (χ0n) is 9.92. The van der Waals surface area contributed by atoms with Gasteiger partial charge in [0.05, 0.1) is 7.11 Å². The lowest BCUT2D eigenvalue weighted by molar-refractivity contribution is 0.397. The summed E-state index contributed by atoms with van der Waals surface area (Å²) < 4.78 is 5.41. The fourth-order valence-electron chi connectivity index (χ4n) is 1.82. The third-order valence-corrected chi connectivity index (χ3v) is 2.84. The van der Waals surface area contributed by atoms with Crippen LogP contribution in [0.2, 0.25) is 0 Å². The van der Waals surface area contributed by atoms with Gasteiger partial charge in [-0.25, -0.2) is 0 Å². The van der Waals surface area contributed by atoms with Gasteiger partial charge in [-0.3, -0.25) is 0 Å². The average molecular weight is 205 g/mol. The number of nitrogens with one attached hydrogen (secondary N) is 1. The Bertz CT molecular complexity index is 361. The van der Waals surface area contributed by atoms with Crippen LogP contribution in [0.15, 0.2) is 18.2 Å². The van der Waals surface area contributed by atoms with Crippen molar-refractivity contribution in [3.05, 3.63) is 29.3 Å². The van der Waals surface area contributed by atoms with E-state index < -0.39 is 0 Å². The Balaban J connectivity index is 2.42. The molecule has 0 saturated carbocycles. The summed E-state index contributed by atoms with van der Waals surface area (Å²) in [5, 5.41) is 3.33. The predicted molar refractivity (Wildman–Crippen MR) is 62.4 cm³/mol. The molecule has 0 amide bonds. The smallest absolute Gasteiger partial charge is 0.122 e. The summed E-state index contributed by atoms with van der Waals surface area (Å²) in [6, 6.07) is 7.06. The fourth-order valence-corrected chi connectivity index (χ4v) is 1.82. The molecule has 1 aliphatic heterocycles. The maximum Gasteiger partial charge on any atom is 0.122 e. The van der Waals surface area contributed by atoms with Crippen LogP contribution < -0.4 is 10.1 Å². The van der Waals surface area contributed by atoms with Gasteiger partial charge in [-0.05, 0) is 28.7 Å². The van der Waals surface area contributed by atoms with Gasteiger partial charge in [-0.15, -0.1) is 0 Å². The van der Waals surface area contributed by atoms with Gasteiger partial charge in [0, 0.05) is 12.6 Å². The summed E-state index contributed by atoms with van der Waals surface area (Å²) in [5.41, 5.74) is 2.80. The summed E-state index contributed by atoms with van der Waals surface area (Å²) in [6.07, 6.45) is 0. The van der Waals surface area contributed by atoms with Crippen molar-refractivity contribution in [1.29, 1.82) is 0 Å². The van der Waals surface area contributed by atoms with Gasteiger partial charge in [0.1, 0.15) is 5.75 Å². The van der Waals surface area contributed by atoms with Crippen molar-refractivity contribution in [3.8, 4) is 5.75 Å². The Hall–Kier alpha value is -1.02. The highest BCUT2D eigenvalue weighted by Crippen LogP contribution is 2.34. The molecule has 1 atom stereocenters. The quantitative estimate of drug-likeness (QED) is 0.752. The van der Waals surface area contributed by atoms with Gasteiger partial charge < -0.3 is 10.1 Å². The topological polar surface area (TPSA) is 31.2 Å². The highest BCUT2D eigenvalue weighted by atomic mass is 16.5. The van der Waals surface area contributed by atoms with Crippen LogP contribution in [0.1, 0.15) is 37.9 Å². The second-order valence-corrected chi connectivity index (χ2v) is 5.17. The average Bonchev–Trinajstić information content (AvgIpc) is 2.98. The molecule has 1 aromatic carbocycles. The number of methoxy groups -OCH3 is 1. The van der Waals surface area contributed by atoms with E-state index in [0.29, 0.717) is 6.04 Å². The first-order valence-electron chi connectivity index (χ1n) is 5.44. The molecule has 2 rings (SSSR count). The van der Waals surface area contributed by atoms with Crippen molar-refractivity contribution >= 4 is 0 Å². The number of hydrogen-bond donors (Lipinski definition) is 1. The molecule has 0 spiro atoms. The van der Waals surface area contributed by atoms with E-state index in [1.807, 2.05) is 0 Å². The minimum absolute atomic E-state index is 0.135. The molecule has 15 heavy (non-hydrogen) atoms. The molecule has 0 radical (unpaired) electrons. The Morgan fingerprint density at radius 2 is 2.00 bits per heavy atom. The number of rotatable bonds is 2. The van der Waals surface area contributed by atoms with Crippen molar-refractivity contribution in [2.24, 2.45) is 0 Å². The van der Waals surface area contributed by atoms with E-state index in [1.54, 1.807) is 7.11 Å². The fraction of sp³-hybridized carbons (Fsp3) is 0.538. The molecule has 1 fully saturated rings. The first-order valence-corrected chi connectivity index (χ1v) is 5.44. The summed E-state index contributed by atoms with van der Waals surface area (Å²) in [4.78, 5) is 0. The second-order valence-electron chi connectivity index (χ2n) is 5.17. The molecule has 1 heterocycles. The molecule has 2 heteroatoms. The van der Waals surface area contributed by atoms with E-state index in [0.717, 1.165) is 12.3 Å². The predicted octanol–water partition coefficient (Wildman–Crippen LogP) is 2.64. The molecular weight excluding hydrogens is 186 g/mol. The minimum Gasteiger partial charge on any atom is -0.496 e. The largest absolute Gasteiger partial charge is 0.496 e. The van der Waals surface area contributed by atoms with Gasteiger partial charge in [-0.2, -0.15) is 0 Å². The van der Waals surface area contributed by atoms with Crippen molar-refractivity contribution in [1.82, 2.24) is 5.32 Å². The molecule has 0 aliphatic carbocycles. The van der Waals surface area contributed by atoms with Crippen molar-refractivity contribution < 1.29 is 4.74 Å². The lowest BCUT2D eigenvalue weighted by Gasteiger charge is -2.22. The molecule has 1 unspecified atom stereocenters. The first-order chi connectivity index (χ1) is 7.02. The standard InChI is InChI=1S/C13H19NO/c1-13(2,3)10-7-9(11-8-14-11)5-6-12(10)15-4/h5-7,11,14H,8H2,1-4H3. The van der Waals surface area contributed by atoms with Crippen LogP contribution in [0.4, 0.5) is 0 Å². The van der Waals surface area contributed by atoms with Crippen LogP contribution in [0.5, 0.6) is 5.75 Å². The molecule has 0 aromatic heterocycles. The Labute approximate surface area is 91.6 Å². The Morgan fingerprint density at radius 1 is 1.33 bits per heavy atom. The zero-order chi connectivity index (χ0) is 11.1. The van der Waals surface area contributed by atoms with E-state index in [2.05, 4.69) is 44.3 Å². The van der Waals surface area contributed by atoms with Crippen LogP contribution in [-0.4, -0.2) is 13.7 Å². The number of benzene rings is 1. The van der Waals surface area contributed by atoms with Crippen LogP contribution in [-0.2, 0) is 5.41 Å². The molecular formula is C13H19NO.